The Morgan fingerprint density at radius 3 is 2.83 bits per heavy atom. The van der Waals surface area contributed by atoms with Gasteiger partial charge in [0.05, 0.1) is 18.2 Å². The summed E-state index contributed by atoms with van der Waals surface area (Å²) in [4.78, 5) is 15.5. The standard InChI is InChI=1S/C16H18F2N4O2/c1-10-19-20-16(24-10)22-8-11(17)7-12(22)9-21(2)15(23)13-5-3-4-6-14(13)18/h3-6,11-12H,7-9H2,1-2H3/t11-,12-/m0/s1. The van der Waals surface area contributed by atoms with Gasteiger partial charge in [-0.1, -0.05) is 17.2 Å². The molecule has 0 saturated carbocycles. The SMILES string of the molecule is Cc1nnc(N2C[C@@H](F)C[C@H]2CN(C)C(=O)c2ccccc2F)o1. The van der Waals surface area contributed by atoms with E-state index in [1.54, 1.807) is 24.9 Å². The maximum atomic E-state index is 13.9. The van der Waals surface area contributed by atoms with E-state index in [1.165, 1.54) is 23.1 Å². The molecule has 1 fully saturated rings. The minimum Gasteiger partial charge on any atom is -0.408 e. The molecule has 1 aromatic carbocycles. The second-order valence-corrected chi connectivity index (χ2v) is 5.91. The van der Waals surface area contributed by atoms with Gasteiger partial charge < -0.3 is 14.2 Å². The Labute approximate surface area is 138 Å². The van der Waals surface area contributed by atoms with Crippen LogP contribution in [-0.2, 0) is 0 Å². The molecule has 0 radical (unpaired) electrons. The van der Waals surface area contributed by atoms with Crippen LogP contribution in [-0.4, -0.2) is 53.4 Å². The Kier molecular flexibility index (Phi) is 4.46. The van der Waals surface area contributed by atoms with E-state index in [9.17, 15) is 13.6 Å². The highest BCUT2D eigenvalue weighted by atomic mass is 19.1. The van der Waals surface area contributed by atoms with Gasteiger partial charge in [-0.2, -0.15) is 0 Å². The summed E-state index contributed by atoms with van der Waals surface area (Å²) in [5, 5.41) is 7.67. The van der Waals surface area contributed by atoms with Gasteiger partial charge in [0.1, 0.15) is 12.0 Å². The van der Waals surface area contributed by atoms with Crippen molar-refractivity contribution in [1.82, 2.24) is 15.1 Å². The van der Waals surface area contributed by atoms with Crippen molar-refractivity contribution in [2.45, 2.75) is 25.6 Å². The molecule has 0 aliphatic carbocycles. The number of amides is 1. The van der Waals surface area contributed by atoms with Crippen molar-refractivity contribution in [2.24, 2.45) is 0 Å². The molecular formula is C16H18F2N4O2. The van der Waals surface area contributed by atoms with Gasteiger partial charge in [0.25, 0.3) is 5.91 Å². The number of carbonyl (C=O) groups is 1. The Bertz CT molecular complexity index is 736. The maximum Gasteiger partial charge on any atom is 0.318 e. The summed E-state index contributed by atoms with van der Waals surface area (Å²) in [7, 11) is 1.57. The van der Waals surface area contributed by atoms with Crippen LogP contribution in [0.4, 0.5) is 14.8 Å². The van der Waals surface area contributed by atoms with Crippen LogP contribution in [0.2, 0.25) is 0 Å². The van der Waals surface area contributed by atoms with Gasteiger partial charge in [0.15, 0.2) is 0 Å². The quantitative estimate of drug-likeness (QED) is 0.857. The summed E-state index contributed by atoms with van der Waals surface area (Å²) < 4.78 is 33.0. The van der Waals surface area contributed by atoms with Crippen LogP contribution in [0, 0.1) is 12.7 Å². The molecular weight excluding hydrogens is 318 g/mol. The molecule has 0 N–H and O–H groups in total. The third-order valence-electron chi connectivity index (χ3n) is 4.06. The van der Waals surface area contributed by atoms with Crippen LogP contribution < -0.4 is 4.90 Å². The number of aryl methyl sites for hydroxylation is 1. The van der Waals surface area contributed by atoms with E-state index in [0.29, 0.717) is 5.89 Å². The first-order valence-electron chi connectivity index (χ1n) is 7.66. The second-order valence-electron chi connectivity index (χ2n) is 5.91. The number of likely N-dealkylation sites (N-methyl/N-ethyl adjacent to an activating group) is 1. The van der Waals surface area contributed by atoms with Gasteiger partial charge in [-0.05, 0) is 12.1 Å². The van der Waals surface area contributed by atoms with Crippen molar-refractivity contribution in [3.8, 4) is 0 Å². The molecule has 128 valence electrons. The molecule has 0 unspecified atom stereocenters. The molecule has 3 rings (SSSR count). The zero-order chi connectivity index (χ0) is 17.3. The lowest BCUT2D eigenvalue weighted by Gasteiger charge is -2.27. The lowest BCUT2D eigenvalue weighted by molar-refractivity contribution is 0.0780. The van der Waals surface area contributed by atoms with Crippen molar-refractivity contribution >= 4 is 11.9 Å². The predicted octanol–water partition coefficient (Wildman–Crippen LogP) is 2.21. The Morgan fingerprint density at radius 2 is 2.17 bits per heavy atom. The fourth-order valence-corrected chi connectivity index (χ4v) is 2.91. The highest BCUT2D eigenvalue weighted by Crippen LogP contribution is 2.27. The molecule has 0 spiro atoms. The van der Waals surface area contributed by atoms with E-state index in [1.807, 2.05) is 0 Å². The highest BCUT2D eigenvalue weighted by molar-refractivity contribution is 5.94. The van der Waals surface area contributed by atoms with Crippen LogP contribution in [0.25, 0.3) is 0 Å². The number of hydrogen-bond acceptors (Lipinski definition) is 5. The van der Waals surface area contributed by atoms with E-state index >= 15 is 0 Å². The van der Waals surface area contributed by atoms with Crippen LogP contribution >= 0.6 is 0 Å². The van der Waals surface area contributed by atoms with Crippen molar-refractivity contribution in [2.75, 3.05) is 25.0 Å². The third-order valence-corrected chi connectivity index (χ3v) is 4.06. The van der Waals surface area contributed by atoms with Crippen LogP contribution in [0.5, 0.6) is 0 Å². The molecule has 8 heteroatoms. The normalized spacial score (nSPS) is 20.4. The topological polar surface area (TPSA) is 62.5 Å². The number of carbonyl (C=O) groups excluding carboxylic acids is 1. The number of anilines is 1. The van der Waals surface area contributed by atoms with Gasteiger partial charge >= 0.3 is 6.01 Å². The Balaban J connectivity index is 1.74. The van der Waals surface area contributed by atoms with E-state index in [0.717, 1.165) is 0 Å². The van der Waals surface area contributed by atoms with E-state index < -0.39 is 17.9 Å². The van der Waals surface area contributed by atoms with Crippen LogP contribution in [0.1, 0.15) is 22.7 Å². The average Bonchev–Trinajstić information content (AvgIpc) is 3.12. The smallest absolute Gasteiger partial charge is 0.318 e. The summed E-state index contributed by atoms with van der Waals surface area (Å²) >= 11 is 0. The van der Waals surface area contributed by atoms with Crippen molar-refractivity contribution < 1.29 is 18.0 Å². The van der Waals surface area contributed by atoms with Crippen LogP contribution in [0.15, 0.2) is 28.7 Å². The molecule has 2 heterocycles. The number of alkyl halides is 1. The lowest BCUT2D eigenvalue weighted by Crippen LogP contribution is -2.41. The minimum atomic E-state index is -1.04. The van der Waals surface area contributed by atoms with Gasteiger partial charge in [0, 0.05) is 26.9 Å². The Hall–Kier alpha value is -2.51. The molecule has 2 aromatic rings. The zero-order valence-electron chi connectivity index (χ0n) is 13.4. The Morgan fingerprint density at radius 1 is 1.42 bits per heavy atom. The fourth-order valence-electron chi connectivity index (χ4n) is 2.91. The number of nitrogens with zero attached hydrogens (tertiary/aromatic N) is 4. The summed E-state index contributed by atoms with van der Waals surface area (Å²) in [6.07, 6.45) is -0.796. The van der Waals surface area contributed by atoms with E-state index in [2.05, 4.69) is 10.2 Å². The molecule has 6 nitrogen and oxygen atoms in total. The van der Waals surface area contributed by atoms with Gasteiger partial charge in [0.2, 0.25) is 5.89 Å². The molecule has 1 aliphatic heterocycles. The fraction of sp³-hybridized carbons (Fsp3) is 0.438. The van der Waals surface area contributed by atoms with Crippen LogP contribution in [0.3, 0.4) is 0 Å². The largest absolute Gasteiger partial charge is 0.408 e. The first-order chi connectivity index (χ1) is 11.5. The summed E-state index contributed by atoms with van der Waals surface area (Å²) in [6, 6.07) is 5.73. The van der Waals surface area contributed by atoms with Gasteiger partial charge in [-0.25, -0.2) is 8.78 Å². The monoisotopic (exact) mass is 336 g/mol. The van der Waals surface area contributed by atoms with Gasteiger partial charge in [-0.3, -0.25) is 4.79 Å². The zero-order valence-corrected chi connectivity index (χ0v) is 13.4. The lowest BCUT2D eigenvalue weighted by atomic mass is 10.1. The molecule has 24 heavy (non-hydrogen) atoms. The summed E-state index contributed by atoms with van der Waals surface area (Å²) in [6.45, 7) is 2.02. The van der Waals surface area contributed by atoms with E-state index in [4.69, 9.17) is 4.42 Å². The second kappa shape index (κ2) is 6.54. The minimum absolute atomic E-state index is 0.00465. The summed E-state index contributed by atoms with van der Waals surface area (Å²) in [5.74, 6) is -0.632. The first kappa shape index (κ1) is 16.4. The number of rotatable bonds is 4. The highest BCUT2D eigenvalue weighted by Gasteiger charge is 2.36. The molecule has 1 aromatic heterocycles. The molecule has 0 bridgehead atoms. The van der Waals surface area contributed by atoms with Crippen molar-refractivity contribution in [3.63, 3.8) is 0 Å². The van der Waals surface area contributed by atoms with Crippen molar-refractivity contribution in [3.05, 3.63) is 41.5 Å². The third kappa shape index (κ3) is 3.22. The molecule has 1 amide bonds. The van der Waals surface area contributed by atoms with Crippen molar-refractivity contribution in [1.29, 1.82) is 0 Å². The maximum absolute atomic E-state index is 13.9. The molecule has 1 saturated heterocycles. The number of aromatic nitrogens is 2. The number of hydrogen-bond donors (Lipinski definition) is 0. The first-order valence-corrected chi connectivity index (χ1v) is 7.66. The number of halogens is 2. The molecule has 1 aliphatic rings. The molecule has 2 atom stereocenters. The average molecular weight is 336 g/mol. The summed E-state index contributed by atoms with van der Waals surface area (Å²) in [5.41, 5.74) is -0.00465. The predicted molar refractivity (Wildman–Crippen MR) is 83.0 cm³/mol. The van der Waals surface area contributed by atoms with E-state index in [-0.39, 0.29) is 37.1 Å². The number of benzene rings is 1. The van der Waals surface area contributed by atoms with Gasteiger partial charge in [-0.15, -0.1) is 5.10 Å².